The van der Waals surface area contributed by atoms with Crippen LogP contribution in [0.2, 0.25) is 0 Å². The fourth-order valence-corrected chi connectivity index (χ4v) is 3.93. The number of hydrogen-bond donors (Lipinski definition) is 1. The Morgan fingerprint density at radius 3 is 2.55 bits per heavy atom. The Morgan fingerprint density at radius 2 is 1.95 bits per heavy atom. The summed E-state index contributed by atoms with van der Waals surface area (Å²) in [5.41, 5.74) is 1.05. The van der Waals surface area contributed by atoms with Crippen molar-refractivity contribution < 1.29 is 9.59 Å². The fraction of sp³-hybridized carbons (Fsp3) is 0.647. The number of aryl methyl sites for hydroxylation is 2. The van der Waals surface area contributed by atoms with Crippen molar-refractivity contribution in [1.29, 1.82) is 0 Å². The number of nitrogens with one attached hydrogen (secondary N) is 1. The first-order valence-electron chi connectivity index (χ1n) is 8.02. The maximum Gasteiger partial charge on any atom is 0.264 e. The van der Waals surface area contributed by atoms with Crippen molar-refractivity contribution in [3.05, 3.63) is 21.4 Å². The topological polar surface area (TPSA) is 49.4 Å². The number of carbonyl (C=O) groups is 2. The van der Waals surface area contributed by atoms with Crippen LogP contribution in [-0.4, -0.2) is 35.3 Å². The van der Waals surface area contributed by atoms with Crippen LogP contribution in [0.25, 0.3) is 0 Å². The molecule has 0 aliphatic heterocycles. The number of hydrogen-bond acceptors (Lipinski definition) is 3. The van der Waals surface area contributed by atoms with Crippen molar-refractivity contribution in [1.82, 2.24) is 10.2 Å². The highest BCUT2D eigenvalue weighted by atomic mass is 32.1. The molecule has 4 nitrogen and oxygen atoms in total. The molecule has 1 aromatic rings. The van der Waals surface area contributed by atoms with Gasteiger partial charge < -0.3 is 10.2 Å². The Bertz CT molecular complexity index is 534. The minimum Gasteiger partial charge on any atom is -0.350 e. The second-order valence-corrected chi connectivity index (χ2v) is 8.02. The first-order valence-corrected chi connectivity index (χ1v) is 8.83. The summed E-state index contributed by atoms with van der Waals surface area (Å²) in [7, 11) is 0. The Labute approximate surface area is 136 Å². The van der Waals surface area contributed by atoms with Crippen LogP contribution >= 0.6 is 11.3 Å². The standard InChI is InChI=1S/C17H26N2O2S/c1-5-19(11-15(20)18-17(2,3)4)16(21)14-10-12-8-6-7-9-13(12)22-14/h10H,5-9,11H2,1-4H3,(H,18,20). The molecule has 22 heavy (non-hydrogen) atoms. The van der Waals surface area contributed by atoms with E-state index >= 15 is 0 Å². The second-order valence-electron chi connectivity index (χ2n) is 6.88. The largest absolute Gasteiger partial charge is 0.350 e. The van der Waals surface area contributed by atoms with E-state index in [1.165, 1.54) is 23.3 Å². The van der Waals surface area contributed by atoms with Crippen LogP contribution in [0.1, 0.15) is 60.6 Å². The summed E-state index contributed by atoms with van der Waals surface area (Å²) in [5, 5.41) is 2.91. The normalized spacial score (nSPS) is 14.4. The molecule has 0 atom stereocenters. The molecule has 0 radical (unpaired) electrons. The molecule has 2 amide bonds. The molecule has 0 saturated heterocycles. The van der Waals surface area contributed by atoms with Gasteiger partial charge in [0.25, 0.3) is 5.91 Å². The Morgan fingerprint density at radius 1 is 1.27 bits per heavy atom. The van der Waals surface area contributed by atoms with Crippen molar-refractivity contribution in [2.75, 3.05) is 13.1 Å². The van der Waals surface area contributed by atoms with Gasteiger partial charge in [0, 0.05) is 17.0 Å². The molecular formula is C17H26N2O2S. The number of carbonyl (C=O) groups excluding carboxylic acids is 2. The molecule has 0 unspecified atom stereocenters. The van der Waals surface area contributed by atoms with Gasteiger partial charge >= 0.3 is 0 Å². The van der Waals surface area contributed by atoms with Crippen LogP contribution in [-0.2, 0) is 17.6 Å². The molecule has 1 aliphatic carbocycles. The first-order chi connectivity index (χ1) is 10.3. The zero-order valence-electron chi connectivity index (χ0n) is 14.0. The molecule has 2 rings (SSSR count). The minimum absolute atomic E-state index is 0.0223. The minimum atomic E-state index is -0.276. The van der Waals surface area contributed by atoms with Crippen LogP contribution in [0.15, 0.2) is 6.07 Å². The summed E-state index contributed by atoms with van der Waals surface area (Å²) < 4.78 is 0. The van der Waals surface area contributed by atoms with Gasteiger partial charge in [-0.2, -0.15) is 0 Å². The zero-order valence-corrected chi connectivity index (χ0v) is 14.8. The van der Waals surface area contributed by atoms with Crippen molar-refractivity contribution >= 4 is 23.2 Å². The van der Waals surface area contributed by atoms with E-state index in [1.54, 1.807) is 16.2 Å². The summed E-state index contributed by atoms with van der Waals surface area (Å²) >= 11 is 1.60. The van der Waals surface area contributed by atoms with E-state index in [0.717, 1.165) is 17.7 Å². The number of fused-ring (bicyclic) bond motifs is 1. The maximum absolute atomic E-state index is 12.7. The molecule has 0 saturated carbocycles. The Balaban J connectivity index is 2.05. The van der Waals surface area contributed by atoms with E-state index in [-0.39, 0.29) is 23.9 Å². The molecule has 122 valence electrons. The van der Waals surface area contributed by atoms with Gasteiger partial charge in [0.1, 0.15) is 0 Å². The van der Waals surface area contributed by atoms with E-state index < -0.39 is 0 Å². The zero-order chi connectivity index (χ0) is 16.3. The first kappa shape index (κ1) is 17.0. The smallest absolute Gasteiger partial charge is 0.264 e. The third kappa shape index (κ3) is 4.32. The van der Waals surface area contributed by atoms with E-state index in [9.17, 15) is 9.59 Å². The van der Waals surface area contributed by atoms with Gasteiger partial charge in [0.05, 0.1) is 11.4 Å². The van der Waals surface area contributed by atoms with Gasteiger partial charge in [-0.05, 0) is 65.0 Å². The lowest BCUT2D eigenvalue weighted by Crippen LogP contribution is -2.47. The second kappa shape index (κ2) is 6.82. The number of nitrogens with zero attached hydrogens (tertiary/aromatic N) is 1. The highest BCUT2D eigenvalue weighted by Crippen LogP contribution is 2.30. The highest BCUT2D eigenvalue weighted by Gasteiger charge is 2.23. The lowest BCUT2D eigenvalue weighted by molar-refractivity contribution is -0.123. The monoisotopic (exact) mass is 322 g/mol. The summed E-state index contributed by atoms with van der Waals surface area (Å²) in [4.78, 5) is 28.5. The average molecular weight is 322 g/mol. The van der Waals surface area contributed by atoms with Gasteiger partial charge in [-0.25, -0.2) is 0 Å². The maximum atomic E-state index is 12.7. The summed E-state index contributed by atoms with van der Waals surface area (Å²) in [6.45, 7) is 8.40. The summed E-state index contributed by atoms with van der Waals surface area (Å²) in [6, 6.07) is 2.03. The van der Waals surface area contributed by atoms with E-state index in [0.29, 0.717) is 6.54 Å². The van der Waals surface area contributed by atoms with Crippen molar-refractivity contribution in [3.63, 3.8) is 0 Å². The van der Waals surface area contributed by atoms with E-state index in [4.69, 9.17) is 0 Å². The van der Waals surface area contributed by atoms with Crippen LogP contribution in [0.4, 0.5) is 0 Å². The van der Waals surface area contributed by atoms with Crippen molar-refractivity contribution in [3.8, 4) is 0 Å². The van der Waals surface area contributed by atoms with Gasteiger partial charge in [-0.3, -0.25) is 9.59 Å². The molecule has 5 heteroatoms. The van der Waals surface area contributed by atoms with E-state index in [2.05, 4.69) is 5.32 Å². The Hall–Kier alpha value is -1.36. The number of thiophene rings is 1. The van der Waals surface area contributed by atoms with Crippen LogP contribution in [0, 0.1) is 0 Å². The highest BCUT2D eigenvalue weighted by molar-refractivity contribution is 7.14. The molecule has 0 fully saturated rings. The van der Waals surface area contributed by atoms with Gasteiger partial charge in [0.15, 0.2) is 0 Å². The lowest BCUT2D eigenvalue weighted by Gasteiger charge is -2.24. The predicted molar refractivity (Wildman–Crippen MR) is 90.4 cm³/mol. The molecule has 1 aliphatic rings. The molecule has 0 bridgehead atoms. The number of amides is 2. The van der Waals surface area contributed by atoms with Crippen LogP contribution < -0.4 is 5.32 Å². The van der Waals surface area contributed by atoms with Gasteiger partial charge in [-0.1, -0.05) is 0 Å². The molecular weight excluding hydrogens is 296 g/mol. The molecule has 1 N–H and O–H groups in total. The SMILES string of the molecule is CCN(CC(=O)NC(C)(C)C)C(=O)c1cc2c(s1)CCCC2. The third-order valence-electron chi connectivity index (χ3n) is 3.73. The molecule has 1 heterocycles. The van der Waals surface area contributed by atoms with Crippen molar-refractivity contribution in [2.24, 2.45) is 0 Å². The molecule has 0 spiro atoms. The lowest BCUT2D eigenvalue weighted by atomic mass is 9.99. The van der Waals surface area contributed by atoms with Gasteiger partial charge in [0.2, 0.25) is 5.91 Å². The van der Waals surface area contributed by atoms with Crippen LogP contribution in [0.3, 0.4) is 0 Å². The molecule has 0 aromatic carbocycles. The fourth-order valence-electron chi connectivity index (χ4n) is 2.71. The van der Waals surface area contributed by atoms with Crippen LogP contribution in [0.5, 0.6) is 0 Å². The number of likely N-dealkylation sites (N-methyl/N-ethyl adjacent to an activating group) is 1. The summed E-state index contributed by atoms with van der Waals surface area (Å²) in [5.74, 6) is -0.130. The summed E-state index contributed by atoms with van der Waals surface area (Å²) in [6.07, 6.45) is 4.59. The average Bonchev–Trinajstić information content (AvgIpc) is 2.86. The quantitative estimate of drug-likeness (QED) is 0.926. The molecule has 1 aromatic heterocycles. The van der Waals surface area contributed by atoms with Gasteiger partial charge in [-0.15, -0.1) is 11.3 Å². The third-order valence-corrected chi connectivity index (χ3v) is 4.95. The number of rotatable bonds is 4. The Kier molecular flexibility index (Phi) is 5.27. The van der Waals surface area contributed by atoms with E-state index in [1.807, 2.05) is 33.8 Å². The predicted octanol–water partition coefficient (Wildman–Crippen LogP) is 3.00. The van der Waals surface area contributed by atoms with Crippen molar-refractivity contribution in [2.45, 2.75) is 58.9 Å².